The van der Waals surface area contributed by atoms with Crippen molar-refractivity contribution in [3.05, 3.63) is 30.2 Å². The van der Waals surface area contributed by atoms with Gasteiger partial charge in [0.05, 0.1) is 12.4 Å². The Morgan fingerprint density at radius 2 is 2.37 bits per heavy atom. The lowest BCUT2D eigenvalue weighted by atomic mass is 10.3. The molecule has 0 radical (unpaired) electrons. The maximum atomic E-state index is 12.0. The number of amides is 1. The van der Waals surface area contributed by atoms with Gasteiger partial charge in [-0.3, -0.25) is 4.79 Å². The Morgan fingerprint density at radius 1 is 1.47 bits per heavy atom. The van der Waals surface area contributed by atoms with E-state index in [0.29, 0.717) is 12.3 Å². The Kier molecular flexibility index (Phi) is 3.69. The molecular weight excluding hydrogens is 242 g/mol. The van der Waals surface area contributed by atoms with Crippen LogP contribution in [0.15, 0.2) is 28.9 Å². The van der Waals surface area contributed by atoms with E-state index in [0.717, 1.165) is 25.5 Å². The molecule has 0 aromatic carbocycles. The third-order valence-corrected chi connectivity index (χ3v) is 3.65. The molecule has 4 heteroatoms. The quantitative estimate of drug-likeness (QED) is 0.764. The minimum atomic E-state index is 0.0360. The summed E-state index contributed by atoms with van der Waals surface area (Å²) in [7, 11) is 0. The van der Waals surface area contributed by atoms with Crippen LogP contribution in [-0.2, 0) is 9.53 Å². The molecule has 1 aliphatic carbocycles. The molecule has 1 amide bonds. The van der Waals surface area contributed by atoms with Crippen LogP contribution in [0.25, 0.3) is 6.08 Å². The SMILES string of the molecule is O=C(C=Cc1ccco1)N1CCC(OCC2CC2)C1. The third-order valence-electron chi connectivity index (χ3n) is 3.65. The van der Waals surface area contributed by atoms with Crippen molar-refractivity contribution in [3.63, 3.8) is 0 Å². The van der Waals surface area contributed by atoms with E-state index in [1.165, 1.54) is 12.8 Å². The first-order chi connectivity index (χ1) is 9.31. The van der Waals surface area contributed by atoms with Gasteiger partial charge in [0.15, 0.2) is 0 Å². The van der Waals surface area contributed by atoms with E-state index in [-0.39, 0.29) is 12.0 Å². The fourth-order valence-electron chi connectivity index (χ4n) is 2.27. The van der Waals surface area contributed by atoms with Crippen molar-refractivity contribution in [2.75, 3.05) is 19.7 Å². The molecule has 2 heterocycles. The van der Waals surface area contributed by atoms with Crippen LogP contribution in [0.5, 0.6) is 0 Å². The van der Waals surface area contributed by atoms with Crippen molar-refractivity contribution in [3.8, 4) is 0 Å². The number of likely N-dealkylation sites (tertiary alicyclic amines) is 1. The molecule has 3 rings (SSSR count). The molecule has 1 saturated carbocycles. The number of rotatable bonds is 5. The van der Waals surface area contributed by atoms with Crippen LogP contribution in [0.2, 0.25) is 0 Å². The first-order valence-electron chi connectivity index (χ1n) is 6.93. The number of ether oxygens (including phenoxy) is 1. The van der Waals surface area contributed by atoms with Crippen LogP contribution >= 0.6 is 0 Å². The fraction of sp³-hybridized carbons (Fsp3) is 0.533. The monoisotopic (exact) mass is 261 g/mol. The van der Waals surface area contributed by atoms with E-state index in [9.17, 15) is 4.79 Å². The number of nitrogens with zero attached hydrogens (tertiary/aromatic N) is 1. The molecule has 1 aromatic rings. The van der Waals surface area contributed by atoms with Crippen molar-refractivity contribution in [2.45, 2.75) is 25.4 Å². The first kappa shape index (κ1) is 12.5. The maximum absolute atomic E-state index is 12.0. The van der Waals surface area contributed by atoms with E-state index in [1.54, 1.807) is 18.4 Å². The molecule has 1 aliphatic heterocycles. The number of carbonyl (C=O) groups is 1. The summed E-state index contributed by atoms with van der Waals surface area (Å²) in [6.45, 7) is 2.37. The summed E-state index contributed by atoms with van der Waals surface area (Å²) >= 11 is 0. The number of hydrogen-bond donors (Lipinski definition) is 0. The average molecular weight is 261 g/mol. The van der Waals surface area contributed by atoms with Gasteiger partial charge in [-0.05, 0) is 43.4 Å². The van der Waals surface area contributed by atoms with E-state index < -0.39 is 0 Å². The smallest absolute Gasteiger partial charge is 0.246 e. The van der Waals surface area contributed by atoms with E-state index in [1.807, 2.05) is 17.0 Å². The van der Waals surface area contributed by atoms with Gasteiger partial charge in [-0.1, -0.05) is 0 Å². The van der Waals surface area contributed by atoms with Crippen molar-refractivity contribution in [2.24, 2.45) is 5.92 Å². The first-order valence-corrected chi connectivity index (χ1v) is 6.93. The average Bonchev–Trinajstić information content (AvgIpc) is 2.94. The minimum absolute atomic E-state index is 0.0360. The number of furan rings is 1. The zero-order chi connectivity index (χ0) is 13.1. The molecule has 2 aliphatic rings. The molecule has 1 aromatic heterocycles. The molecule has 1 saturated heterocycles. The predicted molar refractivity (Wildman–Crippen MR) is 71.4 cm³/mol. The van der Waals surface area contributed by atoms with Gasteiger partial charge in [0, 0.05) is 25.8 Å². The van der Waals surface area contributed by atoms with Gasteiger partial charge in [-0.25, -0.2) is 0 Å². The highest BCUT2D eigenvalue weighted by Gasteiger charge is 2.28. The molecule has 4 nitrogen and oxygen atoms in total. The second-order valence-electron chi connectivity index (χ2n) is 5.32. The third kappa shape index (κ3) is 3.47. The summed E-state index contributed by atoms with van der Waals surface area (Å²) in [6.07, 6.45) is 8.67. The molecule has 19 heavy (non-hydrogen) atoms. The second kappa shape index (κ2) is 5.61. The lowest BCUT2D eigenvalue weighted by molar-refractivity contribution is -0.125. The zero-order valence-electron chi connectivity index (χ0n) is 11.0. The Bertz CT molecular complexity index is 448. The van der Waals surface area contributed by atoms with Crippen LogP contribution < -0.4 is 0 Å². The highest BCUT2D eigenvalue weighted by Crippen LogP contribution is 2.30. The summed E-state index contributed by atoms with van der Waals surface area (Å²) in [5.41, 5.74) is 0. The van der Waals surface area contributed by atoms with Gasteiger partial charge in [0.1, 0.15) is 5.76 Å². The fourth-order valence-corrected chi connectivity index (χ4v) is 2.27. The molecule has 2 fully saturated rings. The van der Waals surface area contributed by atoms with Gasteiger partial charge in [0.25, 0.3) is 0 Å². The Hall–Kier alpha value is -1.55. The Morgan fingerprint density at radius 3 is 3.11 bits per heavy atom. The molecular formula is C15H19NO3. The van der Waals surface area contributed by atoms with Crippen molar-refractivity contribution in [1.29, 1.82) is 0 Å². The van der Waals surface area contributed by atoms with E-state index in [4.69, 9.17) is 9.15 Å². The van der Waals surface area contributed by atoms with E-state index >= 15 is 0 Å². The number of hydrogen-bond acceptors (Lipinski definition) is 3. The van der Waals surface area contributed by atoms with Crippen LogP contribution in [0.1, 0.15) is 25.0 Å². The molecule has 0 spiro atoms. The Balaban J connectivity index is 1.45. The number of carbonyl (C=O) groups excluding carboxylic acids is 1. The van der Waals surface area contributed by atoms with Crippen molar-refractivity contribution >= 4 is 12.0 Å². The molecule has 0 bridgehead atoms. The van der Waals surface area contributed by atoms with Gasteiger partial charge in [0.2, 0.25) is 5.91 Å². The molecule has 102 valence electrons. The second-order valence-corrected chi connectivity index (χ2v) is 5.32. The van der Waals surface area contributed by atoms with Crippen LogP contribution in [0.4, 0.5) is 0 Å². The van der Waals surface area contributed by atoms with E-state index in [2.05, 4.69) is 0 Å². The maximum Gasteiger partial charge on any atom is 0.246 e. The van der Waals surface area contributed by atoms with Gasteiger partial charge in [-0.15, -0.1) is 0 Å². The summed E-state index contributed by atoms with van der Waals surface area (Å²) < 4.78 is 11.0. The highest BCUT2D eigenvalue weighted by atomic mass is 16.5. The van der Waals surface area contributed by atoms with Crippen molar-refractivity contribution < 1.29 is 13.9 Å². The predicted octanol–water partition coefficient (Wildman–Crippen LogP) is 2.32. The summed E-state index contributed by atoms with van der Waals surface area (Å²) in [5.74, 6) is 1.52. The minimum Gasteiger partial charge on any atom is -0.465 e. The zero-order valence-corrected chi connectivity index (χ0v) is 11.0. The van der Waals surface area contributed by atoms with Crippen LogP contribution in [-0.4, -0.2) is 36.6 Å². The van der Waals surface area contributed by atoms with Gasteiger partial charge >= 0.3 is 0 Å². The molecule has 0 N–H and O–H groups in total. The van der Waals surface area contributed by atoms with Gasteiger partial charge < -0.3 is 14.1 Å². The van der Waals surface area contributed by atoms with Crippen LogP contribution in [0.3, 0.4) is 0 Å². The lowest BCUT2D eigenvalue weighted by Gasteiger charge is -2.14. The molecule has 1 atom stereocenters. The van der Waals surface area contributed by atoms with Crippen molar-refractivity contribution in [1.82, 2.24) is 4.90 Å². The summed E-state index contributed by atoms with van der Waals surface area (Å²) in [6, 6.07) is 3.64. The summed E-state index contributed by atoms with van der Waals surface area (Å²) in [4.78, 5) is 13.8. The topological polar surface area (TPSA) is 42.7 Å². The molecule has 1 unspecified atom stereocenters. The summed E-state index contributed by atoms with van der Waals surface area (Å²) in [5, 5.41) is 0. The highest BCUT2D eigenvalue weighted by molar-refractivity contribution is 5.91. The van der Waals surface area contributed by atoms with Gasteiger partial charge in [-0.2, -0.15) is 0 Å². The standard InChI is InChI=1S/C15H19NO3/c17-15(6-5-13-2-1-9-18-13)16-8-7-14(10-16)19-11-12-3-4-12/h1-2,5-6,9,12,14H,3-4,7-8,10-11H2. The lowest BCUT2D eigenvalue weighted by Crippen LogP contribution is -2.28. The largest absolute Gasteiger partial charge is 0.465 e. The Labute approximate surface area is 113 Å². The normalized spacial score (nSPS) is 23.4. The van der Waals surface area contributed by atoms with Crippen LogP contribution in [0, 0.1) is 5.92 Å².